The van der Waals surface area contributed by atoms with Crippen molar-refractivity contribution in [1.82, 2.24) is 0 Å². The van der Waals surface area contributed by atoms with E-state index in [9.17, 15) is 4.79 Å². The summed E-state index contributed by atoms with van der Waals surface area (Å²) in [6.07, 6.45) is 0. The van der Waals surface area contributed by atoms with Crippen LogP contribution < -0.4 is 14.8 Å². The number of amides is 1. The molecule has 1 N–H and O–H groups in total. The maximum Gasteiger partial charge on any atom is 0.235 e. The largest absolute Gasteiger partial charge is 0.497 e. The average Bonchev–Trinajstić information content (AvgIpc) is 2.28. The van der Waals surface area contributed by atoms with Gasteiger partial charge in [-0.3, -0.25) is 4.79 Å². The zero-order chi connectivity index (χ0) is 11.3. The van der Waals surface area contributed by atoms with Crippen LogP contribution in [-0.4, -0.2) is 25.9 Å². The fraction of sp³-hybridized carbons (Fsp3) is 0.300. The highest BCUT2D eigenvalue weighted by Crippen LogP contribution is 2.28. The van der Waals surface area contributed by atoms with E-state index < -0.39 is 0 Å². The molecule has 0 aliphatic rings. The van der Waals surface area contributed by atoms with Gasteiger partial charge in [0.1, 0.15) is 11.5 Å². The highest BCUT2D eigenvalue weighted by Gasteiger charge is 2.07. The first-order valence-corrected chi connectivity index (χ1v) is 4.89. The normalized spacial score (nSPS) is 9.53. The fourth-order valence-corrected chi connectivity index (χ4v) is 1.17. The predicted octanol–water partition coefficient (Wildman–Crippen LogP) is 1.84. The third-order valence-electron chi connectivity index (χ3n) is 1.81. The lowest BCUT2D eigenvalue weighted by atomic mass is 10.2. The Labute approximate surface area is 94.0 Å². The molecule has 1 aromatic rings. The van der Waals surface area contributed by atoms with Crippen molar-refractivity contribution in [2.45, 2.75) is 0 Å². The van der Waals surface area contributed by atoms with Crippen molar-refractivity contribution in [2.24, 2.45) is 0 Å². The molecule has 1 radical (unpaired) electrons. The number of anilines is 1. The molecule has 1 rings (SSSR count). The lowest BCUT2D eigenvalue weighted by Crippen LogP contribution is -2.13. The smallest absolute Gasteiger partial charge is 0.235 e. The van der Waals surface area contributed by atoms with E-state index in [1.165, 1.54) is 7.11 Å². The molecule has 0 aliphatic heterocycles. The Bertz CT molecular complexity index is 355. The van der Waals surface area contributed by atoms with Crippen LogP contribution in [-0.2, 0) is 4.79 Å². The van der Waals surface area contributed by atoms with Crippen LogP contribution in [0.25, 0.3) is 0 Å². The Hall–Kier alpha value is -1.36. The molecule has 0 saturated carbocycles. The minimum absolute atomic E-state index is 0.0143. The van der Waals surface area contributed by atoms with Crippen molar-refractivity contribution in [3.05, 3.63) is 18.2 Å². The first-order valence-electron chi connectivity index (χ1n) is 4.31. The topological polar surface area (TPSA) is 47.6 Å². The summed E-state index contributed by atoms with van der Waals surface area (Å²) in [5, 5.41) is 2.64. The molecule has 0 aromatic heterocycles. The fourth-order valence-electron chi connectivity index (χ4n) is 1.10. The molecule has 15 heavy (non-hydrogen) atoms. The van der Waals surface area contributed by atoms with Gasteiger partial charge in [-0.25, -0.2) is 0 Å². The maximum absolute atomic E-state index is 11.1. The molecule has 0 atom stereocenters. The van der Waals surface area contributed by atoms with E-state index in [4.69, 9.17) is 9.47 Å². The van der Waals surface area contributed by atoms with Gasteiger partial charge in [-0.15, -0.1) is 0 Å². The molecule has 81 valence electrons. The summed E-state index contributed by atoms with van der Waals surface area (Å²) in [4.78, 5) is 11.1. The van der Waals surface area contributed by atoms with Crippen LogP contribution in [0.2, 0.25) is 0 Å². The highest BCUT2D eigenvalue weighted by atomic mass is 32.1. The number of carbonyl (C=O) groups is 1. The van der Waals surface area contributed by atoms with E-state index in [1.54, 1.807) is 25.3 Å². The molecule has 0 saturated heterocycles. The molecule has 0 heterocycles. The number of hydrogen-bond acceptors (Lipinski definition) is 3. The van der Waals surface area contributed by atoms with Crippen LogP contribution in [0.5, 0.6) is 11.5 Å². The zero-order valence-corrected chi connectivity index (χ0v) is 9.39. The van der Waals surface area contributed by atoms with E-state index in [2.05, 4.69) is 17.9 Å². The summed E-state index contributed by atoms with van der Waals surface area (Å²) >= 11 is 4.63. The molecule has 4 nitrogen and oxygen atoms in total. The van der Waals surface area contributed by atoms with Crippen LogP contribution in [0, 0.1) is 0 Å². The number of benzene rings is 1. The van der Waals surface area contributed by atoms with Crippen LogP contribution in [0.4, 0.5) is 5.69 Å². The Morgan fingerprint density at radius 1 is 1.40 bits per heavy atom. The van der Waals surface area contributed by atoms with E-state index >= 15 is 0 Å². The molecule has 5 heteroatoms. The minimum atomic E-state index is -0.239. The van der Waals surface area contributed by atoms with Crippen LogP contribution in [0.3, 0.4) is 0 Å². The molecule has 0 aliphatic carbocycles. The second-order valence-corrected chi connectivity index (χ2v) is 3.05. The van der Waals surface area contributed by atoms with Gasteiger partial charge in [-0.05, 0) is 12.1 Å². The van der Waals surface area contributed by atoms with Crippen molar-refractivity contribution >= 4 is 24.2 Å². The van der Waals surface area contributed by atoms with E-state index in [0.717, 1.165) is 0 Å². The molecule has 1 amide bonds. The van der Waals surface area contributed by atoms with Gasteiger partial charge in [0.25, 0.3) is 0 Å². The summed E-state index contributed by atoms with van der Waals surface area (Å²) in [6, 6.07) is 5.15. The Morgan fingerprint density at radius 3 is 2.67 bits per heavy atom. The van der Waals surface area contributed by atoms with Gasteiger partial charge in [-0.1, -0.05) is 12.6 Å². The first kappa shape index (κ1) is 11.7. The monoisotopic (exact) mass is 226 g/mol. The van der Waals surface area contributed by atoms with E-state index in [-0.39, 0.29) is 11.7 Å². The Balaban J connectivity index is 2.95. The number of nitrogens with one attached hydrogen (secondary N) is 1. The quantitative estimate of drug-likeness (QED) is 0.852. The molecular weight excluding hydrogens is 214 g/mol. The average molecular weight is 226 g/mol. The standard InChI is InChI=1S/C10H12NO3S/c1-13-7-3-4-9(14-2)8(5-7)11-10(12)6-15/h3-5H,6H2,1-2H3,(H,11,12). The number of hydrogen-bond donors (Lipinski definition) is 1. The van der Waals surface area contributed by atoms with Gasteiger partial charge in [0.15, 0.2) is 0 Å². The number of rotatable bonds is 4. The second-order valence-electron chi connectivity index (χ2n) is 2.76. The molecule has 0 spiro atoms. The lowest BCUT2D eigenvalue weighted by Gasteiger charge is -2.10. The number of methoxy groups -OCH3 is 2. The van der Waals surface area contributed by atoms with Crippen LogP contribution >= 0.6 is 12.6 Å². The lowest BCUT2D eigenvalue weighted by molar-refractivity contribution is -0.113. The summed E-state index contributed by atoms with van der Waals surface area (Å²) in [5.74, 6) is 1.00. The summed E-state index contributed by atoms with van der Waals surface area (Å²) in [5.41, 5.74) is 0.562. The third kappa shape index (κ3) is 3.06. The van der Waals surface area contributed by atoms with Gasteiger partial charge in [0.2, 0.25) is 5.91 Å². The van der Waals surface area contributed by atoms with Gasteiger partial charge in [0, 0.05) is 6.07 Å². The zero-order valence-electron chi connectivity index (χ0n) is 8.57. The molecule has 0 unspecified atom stereocenters. The van der Waals surface area contributed by atoms with Crippen molar-refractivity contribution in [3.8, 4) is 11.5 Å². The predicted molar refractivity (Wildman–Crippen MR) is 60.6 cm³/mol. The maximum atomic E-state index is 11.1. The molecular formula is C10H12NO3S. The molecule has 0 bridgehead atoms. The van der Waals surface area contributed by atoms with E-state index in [1.807, 2.05) is 0 Å². The van der Waals surface area contributed by atoms with Gasteiger partial charge in [-0.2, -0.15) is 0 Å². The highest BCUT2D eigenvalue weighted by molar-refractivity contribution is 7.81. The minimum Gasteiger partial charge on any atom is -0.497 e. The van der Waals surface area contributed by atoms with Gasteiger partial charge in [0.05, 0.1) is 25.7 Å². The van der Waals surface area contributed by atoms with Gasteiger partial charge < -0.3 is 14.8 Å². The Morgan fingerprint density at radius 2 is 2.13 bits per heavy atom. The van der Waals surface area contributed by atoms with Crippen molar-refractivity contribution < 1.29 is 14.3 Å². The van der Waals surface area contributed by atoms with Crippen molar-refractivity contribution in [3.63, 3.8) is 0 Å². The second kappa shape index (κ2) is 5.50. The first-order chi connectivity index (χ1) is 7.21. The third-order valence-corrected chi connectivity index (χ3v) is 2.07. The summed E-state index contributed by atoms with van der Waals surface area (Å²) in [6.45, 7) is 0. The molecule has 0 fully saturated rings. The van der Waals surface area contributed by atoms with Crippen molar-refractivity contribution in [2.75, 3.05) is 25.3 Å². The van der Waals surface area contributed by atoms with Crippen LogP contribution in [0.1, 0.15) is 0 Å². The Kier molecular flexibility index (Phi) is 4.30. The summed E-state index contributed by atoms with van der Waals surface area (Å²) < 4.78 is 10.1. The van der Waals surface area contributed by atoms with E-state index in [0.29, 0.717) is 17.2 Å². The van der Waals surface area contributed by atoms with Crippen molar-refractivity contribution in [1.29, 1.82) is 0 Å². The van der Waals surface area contributed by atoms with Crippen LogP contribution in [0.15, 0.2) is 18.2 Å². The van der Waals surface area contributed by atoms with Gasteiger partial charge >= 0.3 is 0 Å². The number of ether oxygens (including phenoxy) is 2. The number of carbonyl (C=O) groups excluding carboxylic acids is 1. The SMILES string of the molecule is COc1ccc(OC)c(NC(=O)C[S])c1. The molecule has 1 aromatic carbocycles. The summed E-state index contributed by atoms with van der Waals surface area (Å²) in [7, 11) is 3.09.